The fourth-order valence-corrected chi connectivity index (χ4v) is 4.63. The standard InChI is InChI=1S/C23H26F3N7O3/c24-23(25,26)21-18(14-29-30-22(21)35)33-6-1-2-17(33)5-11-36-15-20(34)32-9-7-31(8-10-32)19-4-3-16(12-27)13-28-19/h3-4,13-14,17H,1-2,5-11,15H2,(H,30,35). The highest BCUT2D eigenvalue weighted by Crippen LogP contribution is 2.36. The smallest absolute Gasteiger partial charge is 0.372 e. The summed E-state index contributed by atoms with van der Waals surface area (Å²) in [6.45, 7) is 2.71. The van der Waals surface area contributed by atoms with Crippen LogP contribution < -0.4 is 15.4 Å². The largest absolute Gasteiger partial charge is 0.423 e. The van der Waals surface area contributed by atoms with Crippen LogP contribution in [0.1, 0.15) is 30.4 Å². The molecule has 2 fully saturated rings. The number of hydrogen-bond donors (Lipinski definition) is 1. The van der Waals surface area contributed by atoms with Crippen molar-refractivity contribution in [1.82, 2.24) is 20.1 Å². The van der Waals surface area contributed by atoms with Gasteiger partial charge in [-0.25, -0.2) is 10.1 Å². The minimum Gasteiger partial charge on any atom is -0.372 e. The van der Waals surface area contributed by atoms with Crippen LogP contribution in [0.4, 0.5) is 24.7 Å². The molecule has 4 rings (SSSR count). The van der Waals surface area contributed by atoms with E-state index in [9.17, 15) is 22.8 Å². The van der Waals surface area contributed by atoms with Crippen LogP contribution >= 0.6 is 0 Å². The van der Waals surface area contributed by atoms with Crippen molar-refractivity contribution in [2.45, 2.75) is 31.5 Å². The molecule has 1 N–H and O–H groups in total. The first-order chi connectivity index (χ1) is 17.3. The number of ether oxygens (including phenoxy) is 1. The summed E-state index contributed by atoms with van der Waals surface area (Å²) < 4.78 is 45.9. The highest BCUT2D eigenvalue weighted by atomic mass is 19.4. The minimum absolute atomic E-state index is 0.109. The number of alkyl halides is 3. The van der Waals surface area contributed by atoms with Gasteiger partial charge in [0.15, 0.2) is 0 Å². The molecule has 1 unspecified atom stereocenters. The summed E-state index contributed by atoms with van der Waals surface area (Å²) in [6.07, 6.45) is -0.459. The van der Waals surface area contributed by atoms with E-state index < -0.39 is 17.3 Å². The van der Waals surface area contributed by atoms with Gasteiger partial charge in [-0.3, -0.25) is 9.59 Å². The number of H-pyrrole nitrogens is 1. The fourth-order valence-electron chi connectivity index (χ4n) is 4.63. The number of aromatic amines is 1. The Bertz CT molecular complexity index is 1160. The van der Waals surface area contributed by atoms with Gasteiger partial charge in [-0.15, -0.1) is 0 Å². The zero-order chi connectivity index (χ0) is 25.7. The molecule has 2 aromatic heterocycles. The molecule has 13 heteroatoms. The van der Waals surface area contributed by atoms with Crippen LogP contribution in [0.5, 0.6) is 0 Å². The van der Waals surface area contributed by atoms with Gasteiger partial charge >= 0.3 is 6.18 Å². The first kappa shape index (κ1) is 25.4. The first-order valence-electron chi connectivity index (χ1n) is 11.7. The zero-order valence-electron chi connectivity index (χ0n) is 19.5. The van der Waals surface area contributed by atoms with Crippen LogP contribution in [0.2, 0.25) is 0 Å². The van der Waals surface area contributed by atoms with E-state index in [0.29, 0.717) is 57.5 Å². The fraction of sp³-hybridized carbons (Fsp3) is 0.522. The molecule has 1 atom stereocenters. The zero-order valence-corrected chi connectivity index (χ0v) is 19.5. The minimum atomic E-state index is -4.79. The molecule has 0 aliphatic carbocycles. The molecule has 0 bridgehead atoms. The molecule has 2 aliphatic rings. The van der Waals surface area contributed by atoms with Crippen LogP contribution in [0.3, 0.4) is 0 Å². The molecule has 36 heavy (non-hydrogen) atoms. The first-order valence-corrected chi connectivity index (χ1v) is 11.7. The molecule has 0 spiro atoms. The van der Waals surface area contributed by atoms with E-state index in [0.717, 1.165) is 12.0 Å². The van der Waals surface area contributed by atoms with Crippen molar-refractivity contribution in [3.05, 3.63) is 46.0 Å². The molecule has 0 aromatic carbocycles. The monoisotopic (exact) mass is 505 g/mol. The number of amides is 1. The van der Waals surface area contributed by atoms with E-state index in [1.165, 1.54) is 6.20 Å². The second-order valence-corrected chi connectivity index (χ2v) is 8.67. The number of rotatable bonds is 7. The molecule has 2 aliphatic heterocycles. The van der Waals surface area contributed by atoms with E-state index in [2.05, 4.69) is 10.1 Å². The molecule has 4 heterocycles. The molecule has 10 nitrogen and oxygen atoms in total. The van der Waals surface area contributed by atoms with Crippen LogP contribution in [0.25, 0.3) is 0 Å². The number of aromatic nitrogens is 3. The Morgan fingerprint density at radius 1 is 1.19 bits per heavy atom. The van der Waals surface area contributed by atoms with E-state index in [-0.39, 0.29) is 30.9 Å². The molecule has 192 valence electrons. The maximum atomic E-state index is 13.5. The number of carbonyl (C=O) groups is 1. The summed E-state index contributed by atoms with van der Waals surface area (Å²) in [5.74, 6) is 0.603. The third-order valence-electron chi connectivity index (χ3n) is 6.46. The van der Waals surface area contributed by atoms with Crippen LogP contribution in [-0.2, 0) is 15.7 Å². The topological polar surface area (TPSA) is 118 Å². The van der Waals surface area contributed by atoms with Crippen LogP contribution in [0, 0.1) is 11.3 Å². The SMILES string of the molecule is N#Cc1ccc(N2CCN(C(=O)COCCC3CCCN3c3cn[nH]c(=O)c3C(F)(F)F)CC2)nc1. The number of pyridine rings is 1. The van der Waals surface area contributed by atoms with Gasteiger partial charge in [-0.1, -0.05) is 0 Å². The molecule has 2 aromatic rings. The summed E-state index contributed by atoms with van der Waals surface area (Å²) in [5.41, 5.74) is -2.24. The average Bonchev–Trinajstić information content (AvgIpc) is 3.34. The summed E-state index contributed by atoms with van der Waals surface area (Å²) >= 11 is 0. The van der Waals surface area contributed by atoms with E-state index >= 15 is 0 Å². The number of nitrogens with one attached hydrogen (secondary N) is 1. The number of nitrogens with zero attached hydrogens (tertiary/aromatic N) is 6. The van der Waals surface area contributed by atoms with Gasteiger partial charge in [0.25, 0.3) is 5.56 Å². The van der Waals surface area contributed by atoms with Crippen molar-refractivity contribution in [3.63, 3.8) is 0 Å². The van der Waals surface area contributed by atoms with Gasteiger partial charge < -0.3 is 19.4 Å². The predicted octanol–water partition coefficient (Wildman–Crippen LogP) is 1.78. The third kappa shape index (κ3) is 5.76. The lowest BCUT2D eigenvalue weighted by Crippen LogP contribution is -2.50. The second-order valence-electron chi connectivity index (χ2n) is 8.67. The number of carbonyl (C=O) groups excluding carboxylic acids is 1. The Labute approximate surface area is 205 Å². The lowest BCUT2D eigenvalue weighted by molar-refractivity contribution is -0.138. The van der Waals surface area contributed by atoms with Gasteiger partial charge in [0.2, 0.25) is 5.91 Å². The number of halogens is 3. The van der Waals surface area contributed by atoms with Gasteiger partial charge in [0.05, 0.1) is 17.4 Å². The summed E-state index contributed by atoms with van der Waals surface area (Å²) in [4.78, 5) is 34.0. The average molecular weight is 506 g/mol. The molecular formula is C23H26F3N7O3. The Morgan fingerprint density at radius 2 is 1.97 bits per heavy atom. The summed E-state index contributed by atoms with van der Waals surface area (Å²) in [7, 11) is 0. The lowest BCUT2D eigenvalue weighted by atomic mass is 10.1. The van der Waals surface area contributed by atoms with E-state index in [1.807, 2.05) is 16.1 Å². The molecular weight excluding hydrogens is 479 g/mol. The highest BCUT2D eigenvalue weighted by Gasteiger charge is 2.40. The number of anilines is 2. The maximum Gasteiger partial charge on any atom is 0.423 e. The van der Waals surface area contributed by atoms with E-state index in [4.69, 9.17) is 10.00 Å². The van der Waals surface area contributed by atoms with E-state index in [1.54, 1.807) is 21.9 Å². The normalized spacial score (nSPS) is 18.4. The van der Waals surface area contributed by atoms with Crippen molar-refractivity contribution in [2.75, 3.05) is 55.7 Å². The van der Waals surface area contributed by atoms with Crippen molar-refractivity contribution < 1.29 is 22.7 Å². The molecule has 1 amide bonds. The predicted molar refractivity (Wildman–Crippen MR) is 123 cm³/mol. The Kier molecular flexibility index (Phi) is 7.73. The lowest BCUT2D eigenvalue weighted by Gasteiger charge is -2.35. The second kappa shape index (κ2) is 10.9. The highest BCUT2D eigenvalue weighted by molar-refractivity contribution is 5.77. The molecule has 0 saturated carbocycles. The number of piperazine rings is 1. The molecule has 2 saturated heterocycles. The van der Waals surface area contributed by atoms with Crippen molar-refractivity contribution >= 4 is 17.4 Å². The Morgan fingerprint density at radius 3 is 2.64 bits per heavy atom. The van der Waals surface area contributed by atoms with Gasteiger partial charge in [-0.05, 0) is 31.4 Å². The van der Waals surface area contributed by atoms with Crippen molar-refractivity contribution in [1.29, 1.82) is 5.26 Å². The van der Waals surface area contributed by atoms with Crippen LogP contribution in [-0.4, -0.2) is 78.0 Å². The quantitative estimate of drug-likeness (QED) is 0.566. The molecule has 0 radical (unpaired) electrons. The summed E-state index contributed by atoms with van der Waals surface area (Å²) in [6, 6.07) is 5.27. The maximum absolute atomic E-state index is 13.5. The number of nitriles is 1. The Hall–Kier alpha value is -3.66. The summed E-state index contributed by atoms with van der Waals surface area (Å²) in [5, 5.41) is 14.3. The van der Waals surface area contributed by atoms with Crippen molar-refractivity contribution in [2.24, 2.45) is 0 Å². The number of hydrogen-bond acceptors (Lipinski definition) is 8. The Balaban J connectivity index is 1.24. The van der Waals surface area contributed by atoms with Crippen molar-refractivity contribution in [3.8, 4) is 6.07 Å². The van der Waals surface area contributed by atoms with Gasteiger partial charge in [0, 0.05) is 51.6 Å². The van der Waals surface area contributed by atoms with Crippen LogP contribution in [0.15, 0.2) is 29.3 Å². The van der Waals surface area contributed by atoms with Gasteiger partial charge in [0.1, 0.15) is 24.1 Å². The van der Waals surface area contributed by atoms with Gasteiger partial charge in [-0.2, -0.15) is 23.5 Å². The third-order valence-corrected chi connectivity index (χ3v) is 6.46.